The molecule has 3 aromatic rings. The van der Waals surface area contributed by atoms with Crippen molar-refractivity contribution in [3.05, 3.63) is 77.9 Å². The van der Waals surface area contributed by atoms with E-state index < -0.39 is 15.6 Å². The van der Waals surface area contributed by atoms with Crippen LogP contribution in [0.1, 0.15) is 11.1 Å². The number of rotatable bonds is 2. The zero-order valence-corrected chi connectivity index (χ0v) is 16.1. The summed E-state index contributed by atoms with van der Waals surface area (Å²) in [5.74, 6) is 0.898. The highest BCUT2D eigenvalue weighted by Gasteiger charge is 2.44. The Balaban J connectivity index is 0.000000258. The minimum absolute atomic E-state index is 0.898. The third-order valence-corrected chi connectivity index (χ3v) is 5.13. The zero-order chi connectivity index (χ0) is 21.2. The van der Waals surface area contributed by atoms with Gasteiger partial charge in [-0.1, -0.05) is 54.6 Å². The van der Waals surface area contributed by atoms with Gasteiger partial charge in [-0.3, -0.25) is 4.55 Å². The lowest BCUT2D eigenvalue weighted by molar-refractivity contribution is -0.0510. The Morgan fingerprint density at radius 1 is 0.862 bits per heavy atom. The van der Waals surface area contributed by atoms with Gasteiger partial charge in [-0.15, -0.1) is 0 Å². The molecule has 152 valence electrons. The first kappa shape index (κ1) is 20.9. The molecule has 0 bridgehead atoms. The molecule has 8 heteroatoms. The van der Waals surface area contributed by atoms with Crippen molar-refractivity contribution in [3.8, 4) is 28.0 Å². The summed E-state index contributed by atoms with van der Waals surface area (Å²) in [7, 11) is -4.14. The maximum atomic E-state index is 10.7. The summed E-state index contributed by atoms with van der Waals surface area (Å²) in [4.78, 5) is 0. The summed E-state index contributed by atoms with van der Waals surface area (Å²) in [6.07, 6.45) is 1.02. The predicted octanol–water partition coefficient (Wildman–Crippen LogP) is 5.33. The van der Waals surface area contributed by atoms with Crippen LogP contribution < -0.4 is 4.74 Å². The Morgan fingerprint density at radius 3 is 2.00 bits per heavy atom. The van der Waals surface area contributed by atoms with Crippen molar-refractivity contribution in [3.63, 3.8) is 0 Å². The molecule has 3 aromatic carbocycles. The molecule has 0 unspecified atom stereocenters. The summed E-state index contributed by atoms with van der Waals surface area (Å²) in [6.45, 7) is 0. The molecule has 0 atom stereocenters. The van der Waals surface area contributed by atoms with E-state index in [0.29, 0.717) is 0 Å². The Kier molecular flexibility index (Phi) is 5.68. The summed E-state index contributed by atoms with van der Waals surface area (Å²) in [5, 5.41) is 0. The molecule has 1 N–H and O–H groups in total. The first-order valence-electron chi connectivity index (χ1n) is 8.50. The second kappa shape index (κ2) is 7.88. The average Bonchev–Trinajstić information content (AvgIpc) is 3.06. The highest BCUT2D eigenvalue weighted by Crippen LogP contribution is 2.41. The fourth-order valence-corrected chi connectivity index (χ4v) is 3.20. The van der Waals surface area contributed by atoms with Crippen molar-refractivity contribution in [2.45, 2.75) is 11.9 Å². The molecule has 0 aromatic heterocycles. The molecule has 0 amide bonds. The lowest BCUT2D eigenvalue weighted by atomic mass is 9.96. The van der Waals surface area contributed by atoms with Crippen molar-refractivity contribution in [2.75, 3.05) is 7.11 Å². The Morgan fingerprint density at radius 2 is 1.41 bits per heavy atom. The van der Waals surface area contributed by atoms with E-state index >= 15 is 0 Å². The monoisotopic (exact) mass is 422 g/mol. The summed E-state index contributed by atoms with van der Waals surface area (Å²) < 4.78 is 62.8. The van der Waals surface area contributed by atoms with Crippen LogP contribution in [0.4, 0.5) is 13.2 Å². The lowest BCUT2D eigenvalue weighted by Gasteiger charge is -2.09. The van der Waals surface area contributed by atoms with Crippen LogP contribution in [0.25, 0.3) is 22.3 Å². The normalized spacial score (nSPS) is 12.4. The van der Waals surface area contributed by atoms with Crippen molar-refractivity contribution in [1.29, 1.82) is 0 Å². The van der Waals surface area contributed by atoms with Crippen LogP contribution in [0.5, 0.6) is 5.75 Å². The number of alkyl halides is 3. The Bertz CT molecular complexity index is 1120. The van der Waals surface area contributed by atoms with E-state index in [2.05, 4.69) is 54.6 Å². The van der Waals surface area contributed by atoms with Gasteiger partial charge in [-0.2, -0.15) is 21.6 Å². The summed E-state index contributed by atoms with van der Waals surface area (Å²) in [6, 6.07) is 23.6. The minimum atomic E-state index is -5.84. The predicted molar refractivity (Wildman–Crippen MR) is 104 cm³/mol. The quantitative estimate of drug-likeness (QED) is 0.350. The maximum Gasteiger partial charge on any atom is 0.522 e. The van der Waals surface area contributed by atoms with E-state index in [1.54, 1.807) is 7.11 Å². The van der Waals surface area contributed by atoms with Crippen LogP contribution in [0.2, 0.25) is 0 Å². The molecule has 0 heterocycles. The van der Waals surface area contributed by atoms with Crippen LogP contribution in [-0.4, -0.2) is 25.6 Å². The lowest BCUT2D eigenvalue weighted by Crippen LogP contribution is -2.21. The van der Waals surface area contributed by atoms with Gasteiger partial charge in [0.1, 0.15) is 5.75 Å². The first-order valence-corrected chi connectivity index (χ1v) is 9.94. The fraction of sp³-hybridized carbons (Fsp3) is 0.143. The number of ether oxygens (including phenoxy) is 1. The van der Waals surface area contributed by atoms with E-state index in [4.69, 9.17) is 17.7 Å². The van der Waals surface area contributed by atoms with Crippen LogP contribution in [-0.2, 0) is 16.5 Å². The van der Waals surface area contributed by atoms with E-state index in [1.165, 1.54) is 33.4 Å². The molecular formula is C21H17F3O4S. The summed E-state index contributed by atoms with van der Waals surface area (Å²) >= 11 is 0. The zero-order valence-electron chi connectivity index (χ0n) is 15.3. The number of halogens is 3. The molecule has 0 aliphatic heterocycles. The molecule has 1 aliphatic carbocycles. The van der Waals surface area contributed by atoms with Gasteiger partial charge in [0.2, 0.25) is 0 Å². The second-order valence-electron chi connectivity index (χ2n) is 6.31. The second-order valence-corrected chi connectivity index (χ2v) is 7.73. The molecule has 0 radical (unpaired) electrons. The van der Waals surface area contributed by atoms with Crippen LogP contribution >= 0.6 is 0 Å². The molecule has 0 fully saturated rings. The van der Waals surface area contributed by atoms with Gasteiger partial charge in [0.15, 0.2) is 0 Å². The minimum Gasteiger partial charge on any atom is -0.497 e. The number of hydrogen-bond acceptors (Lipinski definition) is 3. The van der Waals surface area contributed by atoms with Crippen molar-refractivity contribution in [1.82, 2.24) is 0 Å². The van der Waals surface area contributed by atoms with E-state index in [-0.39, 0.29) is 0 Å². The Hall–Kier alpha value is -2.84. The maximum absolute atomic E-state index is 10.7. The number of fused-ring (bicyclic) bond motifs is 3. The van der Waals surface area contributed by atoms with Gasteiger partial charge in [0.25, 0.3) is 0 Å². The van der Waals surface area contributed by atoms with Gasteiger partial charge in [0, 0.05) is 0 Å². The topological polar surface area (TPSA) is 63.6 Å². The highest BCUT2D eigenvalue weighted by atomic mass is 32.2. The largest absolute Gasteiger partial charge is 0.522 e. The third kappa shape index (κ3) is 4.44. The molecule has 0 spiro atoms. The number of hydrogen-bond donors (Lipinski definition) is 1. The average molecular weight is 422 g/mol. The van der Waals surface area contributed by atoms with Crippen molar-refractivity contribution >= 4 is 10.1 Å². The third-order valence-electron chi connectivity index (χ3n) is 4.54. The van der Waals surface area contributed by atoms with Gasteiger partial charge >= 0.3 is 15.6 Å². The molecule has 1 aliphatic rings. The van der Waals surface area contributed by atoms with Crippen molar-refractivity contribution in [2.24, 2.45) is 0 Å². The van der Waals surface area contributed by atoms with E-state index in [0.717, 1.165) is 12.2 Å². The van der Waals surface area contributed by atoms with Crippen LogP contribution in [0, 0.1) is 0 Å². The first-order chi connectivity index (χ1) is 13.6. The van der Waals surface area contributed by atoms with E-state index in [9.17, 15) is 13.2 Å². The highest BCUT2D eigenvalue weighted by molar-refractivity contribution is 7.86. The molecule has 0 saturated carbocycles. The molecule has 4 nitrogen and oxygen atoms in total. The number of benzene rings is 3. The van der Waals surface area contributed by atoms with Crippen molar-refractivity contribution < 1.29 is 30.9 Å². The fourth-order valence-electron chi connectivity index (χ4n) is 3.20. The SMILES string of the molecule is COc1ccc(-c2cccc3c2Cc2ccccc2-3)cc1.O=S(=O)(O)C(F)(F)F. The molecule has 29 heavy (non-hydrogen) atoms. The number of methoxy groups -OCH3 is 1. The van der Waals surface area contributed by atoms with Gasteiger partial charge in [-0.05, 0) is 51.9 Å². The molecule has 4 rings (SSSR count). The van der Waals surface area contributed by atoms with Crippen LogP contribution in [0.3, 0.4) is 0 Å². The molecule has 0 saturated heterocycles. The van der Waals surface area contributed by atoms with Gasteiger partial charge in [-0.25, -0.2) is 0 Å². The summed E-state index contributed by atoms with van der Waals surface area (Å²) in [5.41, 5.74) is 2.65. The Labute approximate surface area is 166 Å². The van der Waals surface area contributed by atoms with Crippen LogP contribution in [0.15, 0.2) is 66.7 Å². The van der Waals surface area contributed by atoms with Gasteiger partial charge < -0.3 is 4.74 Å². The smallest absolute Gasteiger partial charge is 0.497 e. The molecular weight excluding hydrogens is 405 g/mol. The standard InChI is InChI=1S/C20H16O.CHF3O3S/c1-21-16-11-9-14(10-12-16)17-7-4-8-19-18-6-3-2-5-15(18)13-20(17)19;2-1(3,4)8(5,6)7/h2-12H,13H2,1H3;(H,5,6,7). The van der Waals surface area contributed by atoms with E-state index in [1.807, 2.05) is 12.1 Å². The van der Waals surface area contributed by atoms with Gasteiger partial charge in [0.05, 0.1) is 7.11 Å².